The quantitative estimate of drug-likeness (QED) is 0.700. The van der Waals surface area contributed by atoms with Crippen molar-refractivity contribution in [3.8, 4) is 11.6 Å². The van der Waals surface area contributed by atoms with E-state index in [2.05, 4.69) is 26.0 Å². The van der Waals surface area contributed by atoms with Crippen LogP contribution in [-0.2, 0) is 7.05 Å². The molecule has 0 unspecified atom stereocenters. The van der Waals surface area contributed by atoms with Gasteiger partial charge in [-0.2, -0.15) is 5.10 Å². The van der Waals surface area contributed by atoms with Gasteiger partial charge < -0.3 is 10.2 Å². The van der Waals surface area contributed by atoms with Crippen molar-refractivity contribution >= 4 is 32.7 Å². The molecule has 0 aliphatic rings. The molecule has 1 aromatic carbocycles. The van der Waals surface area contributed by atoms with E-state index in [-0.39, 0.29) is 0 Å². The molecular formula is C11H9BrN4O. The maximum atomic E-state index is 5.70. The van der Waals surface area contributed by atoms with E-state index in [1.807, 2.05) is 13.1 Å². The van der Waals surface area contributed by atoms with Crippen molar-refractivity contribution in [2.45, 2.75) is 0 Å². The topological polar surface area (TPSA) is 69.9 Å². The minimum absolute atomic E-state index is 0.525. The lowest BCUT2D eigenvalue weighted by atomic mass is 10.3. The van der Waals surface area contributed by atoms with E-state index in [0.29, 0.717) is 17.2 Å². The summed E-state index contributed by atoms with van der Waals surface area (Å²) in [5.41, 5.74) is 8.63. The Morgan fingerprint density at radius 3 is 2.94 bits per heavy atom. The number of nitrogens with two attached hydrogens (primary N) is 1. The Kier molecular flexibility index (Phi) is 2.19. The second kappa shape index (κ2) is 3.59. The zero-order valence-electron chi connectivity index (χ0n) is 9.01. The molecule has 0 saturated heterocycles. The van der Waals surface area contributed by atoms with Gasteiger partial charge in [0.2, 0.25) is 5.89 Å². The number of nitrogens with zero attached hydrogens (tertiary/aromatic N) is 3. The summed E-state index contributed by atoms with van der Waals surface area (Å²) in [6.07, 6.45) is 1.71. The highest BCUT2D eigenvalue weighted by Gasteiger charge is 2.15. The molecule has 0 radical (unpaired) electrons. The van der Waals surface area contributed by atoms with Crippen molar-refractivity contribution in [2.75, 3.05) is 5.73 Å². The highest BCUT2D eigenvalue weighted by Crippen LogP contribution is 2.30. The Bertz CT molecular complexity index is 681. The lowest BCUT2D eigenvalue weighted by Crippen LogP contribution is -1.93. The summed E-state index contributed by atoms with van der Waals surface area (Å²) >= 11 is 3.42. The van der Waals surface area contributed by atoms with Crippen molar-refractivity contribution in [3.05, 3.63) is 28.9 Å². The van der Waals surface area contributed by atoms with Gasteiger partial charge in [0, 0.05) is 12.7 Å². The number of anilines is 1. The van der Waals surface area contributed by atoms with Crippen molar-refractivity contribution in [3.63, 3.8) is 0 Å². The van der Waals surface area contributed by atoms with Gasteiger partial charge in [0.25, 0.3) is 0 Å². The monoisotopic (exact) mass is 292 g/mol. The van der Waals surface area contributed by atoms with Gasteiger partial charge in [-0.15, -0.1) is 0 Å². The maximum absolute atomic E-state index is 5.70. The van der Waals surface area contributed by atoms with Crippen LogP contribution in [0.15, 0.2) is 33.3 Å². The van der Waals surface area contributed by atoms with Crippen LogP contribution in [0.25, 0.3) is 22.7 Å². The molecular weight excluding hydrogens is 284 g/mol. The summed E-state index contributed by atoms with van der Waals surface area (Å²) < 4.78 is 8.22. The molecule has 0 amide bonds. The zero-order chi connectivity index (χ0) is 12.0. The van der Waals surface area contributed by atoms with E-state index in [0.717, 1.165) is 15.7 Å². The van der Waals surface area contributed by atoms with E-state index < -0.39 is 0 Å². The Morgan fingerprint density at radius 2 is 2.24 bits per heavy atom. The van der Waals surface area contributed by atoms with Crippen LogP contribution >= 0.6 is 15.9 Å². The van der Waals surface area contributed by atoms with E-state index in [1.165, 1.54) is 0 Å². The normalized spacial score (nSPS) is 11.2. The Balaban J connectivity index is 2.25. The molecule has 2 heterocycles. The summed E-state index contributed by atoms with van der Waals surface area (Å²) in [6.45, 7) is 0. The second-order valence-corrected chi connectivity index (χ2v) is 4.57. The van der Waals surface area contributed by atoms with Gasteiger partial charge in [-0.25, -0.2) is 4.98 Å². The molecule has 5 nitrogen and oxygen atoms in total. The molecule has 86 valence electrons. The third-order valence-corrected chi connectivity index (χ3v) is 3.09. The van der Waals surface area contributed by atoms with E-state index in [4.69, 9.17) is 10.2 Å². The predicted molar refractivity (Wildman–Crippen MR) is 68.3 cm³/mol. The van der Waals surface area contributed by atoms with Gasteiger partial charge >= 0.3 is 0 Å². The molecule has 2 aromatic heterocycles. The lowest BCUT2D eigenvalue weighted by molar-refractivity contribution is 0.606. The maximum Gasteiger partial charge on any atom is 0.247 e. The highest BCUT2D eigenvalue weighted by atomic mass is 79.9. The number of fused-ring (bicyclic) bond motifs is 1. The number of aryl methyl sites for hydroxylation is 1. The third-order valence-electron chi connectivity index (χ3n) is 2.51. The van der Waals surface area contributed by atoms with Gasteiger partial charge in [0.05, 0.1) is 10.7 Å². The molecule has 2 N–H and O–H groups in total. The molecule has 0 spiro atoms. The number of rotatable bonds is 1. The van der Waals surface area contributed by atoms with Gasteiger partial charge in [-0.05, 0) is 34.1 Å². The number of halogens is 1. The fourth-order valence-electron chi connectivity index (χ4n) is 1.70. The van der Waals surface area contributed by atoms with Gasteiger partial charge in [-0.3, -0.25) is 4.68 Å². The summed E-state index contributed by atoms with van der Waals surface area (Å²) in [5, 5.41) is 4.13. The smallest absolute Gasteiger partial charge is 0.247 e. The van der Waals surface area contributed by atoms with Gasteiger partial charge in [-0.1, -0.05) is 0 Å². The first-order chi connectivity index (χ1) is 8.15. The summed E-state index contributed by atoms with van der Waals surface area (Å²) in [7, 11) is 1.84. The van der Waals surface area contributed by atoms with Gasteiger partial charge in [0.15, 0.2) is 5.58 Å². The fraction of sp³-hybridized carbons (Fsp3) is 0.0909. The van der Waals surface area contributed by atoms with Crippen LogP contribution < -0.4 is 5.73 Å². The predicted octanol–water partition coefficient (Wildman–Crippen LogP) is 2.57. The second-order valence-electron chi connectivity index (χ2n) is 3.71. The summed E-state index contributed by atoms with van der Waals surface area (Å²) in [5.74, 6) is 0.525. The van der Waals surface area contributed by atoms with Gasteiger partial charge in [0.1, 0.15) is 11.2 Å². The molecule has 17 heavy (non-hydrogen) atoms. The molecule has 3 aromatic rings. The lowest BCUT2D eigenvalue weighted by Gasteiger charge is -1.95. The first-order valence-electron chi connectivity index (χ1n) is 4.99. The van der Waals surface area contributed by atoms with Crippen LogP contribution in [-0.4, -0.2) is 14.8 Å². The molecule has 0 fully saturated rings. The molecule has 6 heteroatoms. The Morgan fingerprint density at radius 1 is 1.41 bits per heavy atom. The standard InChI is InChI=1S/C11H9BrN4O/c1-16-10(7(12)5-14-16)11-15-8-4-6(13)2-3-9(8)17-11/h2-5H,13H2,1H3. The minimum Gasteiger partial charge on any atom is -0.435 e. The van der Waals surface area contributed by atoms with Crippen molar-refractivity contribution in [1.29, 1.82) is 0 Å². The molecule has 3 rings (SSSR count). The number of benzene rings is 1. The van der Waals surface area contributed by atoms with Crippen LogP contribution in [0.2, 0.25) is 0 Å². The van der Waals surface area contributed by atoms with Crippen LogP contribution in [0.3, 0.4) is 0 Å². The Hall–Kier alpha value is -1.82. The number of aromatic nitrogens is 3. The summed E-state index contributed by atoms with van der Waals surface area (Å²) in [4.78, 5) is 4.40. The van der Waals surface area contributed by atoms with E-state index >= 15 is 0 Å². The molecule has 0 saturated carbocycles. The molecule has 0 aliphatic carbocycles. The first-order valence-corrected chi connectivity index (χ1v) is 5.78. The number of nitrogen functional groups attached to an aromatic ring is 1. The SMILES string of the molecule is Cn1ncc(Br)c1-c1nc2cc(N)ccc2o1. The Labute approximate surface area is 105 Å². The average molecular weight is 293 g/mol. The minimum atomic E-state index is 0.525. The van der Waals surface area contributed by atoms with Crippen molar-refractivity contribution < 1.29 is 4.42 Å². The molecule has 0 aliphatic heterocycles. The van der Waals surface area contributed by atoms with Crippen LogP contribution in [0, 0.1) is 0 Å². The summed E-state index contributed by atoms with van der Waals surface area (Å²) in [6, 6.07) is 5.38. The van der Waals surface area contributed by atoms with Crippen molar-refractivity contribution in [1.82, 2.24) is 14.8 Å². The molecule has 0 atom stereocenters. The zero-order valence-corrected chi connectivity index (χ0v) is 10.6. The third kappa shape index (κ3) is 1.61. The highest BCUT2D eigenvalue weighted by molar-refractivity contribution is 9.10. The fourth-order valence-corrected chi connectivity index (χ4v) is 2.21. The van der Waals surface area contributed by atoms with Crippen molar-refractivity contribution in [2.24, 2.45) is 7.05 Å². The average Bonchev–Trinajstić information content (AvgIpc) is 2.81. The van der Waals surface area contributed by atoms with E-state index in [1.54, 1.807) is 23.0 Å². The number of hydrogen-bond donors (Lipinski definition) is 1. The van der Waals surface area contributed by atoms with E-state index in [9.17, 15) is 0 Å². The largest absolute Gasteiger partial charge is 0.435 e. The first kappa shape index (κ1) is 10.3. The van der Waals surface area contributed by atoms with Crippen LogP contribution in [0.1, 0.15) is 0 Å². The molecule has 0 bridgehead atoms. The number of hydrogen-bond acceptors (Lipinski definition) is 4. The van der Waals surface area contributed by atoms with Crippen LogP contribution in [0.4, 0.5) is 5.69 Å². The number of oxazole rings is 1. The van der Waals surface area contributed by atoms with Crippen LogP contribution in [0.5, 0.6) is 0 Å².